The standard InChI is InChI=1S/C17H17Cl2FN2O2/c1-22(8-9-24-14-5-2-12(18)3-6-14)11-17(23)21-16-10-13(19)4-7-15(16)20/h2-7,10H,8-9,11H2,1H3,(H,21,23). The fourth-order valence-corrected chi connectivity index (χ4v) is 2.26. The molecule has 0 aliphatic carbocycles. The van der Waals surface area contributed by atoms with Gasteiger partial charge in [-0.25, -0.2) is 4.39 Å². The lowest BCUT2D eigenvalue weighted by Gasteiger charge is -2.17. The number of carbonyl (C=O) groups is 1. The van der Waals surface area contributed by atoms with Gasteiger partial charge in [0.25, 0.3) is 0 Å². The third-order valence-electron chi connectivity index (χ3n) is 3.17. The molecule has 0 spiro atoms. The second kappa shape index (κ2) is 8.87. The lowest BCUT2D eigenvalue weighted by atomic mass is 10.3. The van der Waals surface area contributed by atoms with Crippen LogP contribution in [0.15, 0.2) is 42.5 Å². The first-order valence-corrected chi connectivity index (χ1v) is 8.01. The summed E-state index contributed by atoms with van der Waals surface area (Å²) in [6.07, 6.45) is 0. The molecule has 7 heteroatoms. The molecule has 2 rings (SSSR count). The average molecular weight is 371 g/mol. The quantitative estimate of drug-likeness (QED) is 0.798. The van der Waals surface area contributed by atoms with Gasteiger partial charge < -0.3 is 10.1 Å². The van der Waals surface area contributed by atoms with Crippen molar-refractivity contribution in [2.75, 3.05) is 32.1 Å². The Labute approximate surface area is 150 Å². The van der Waals surface area contributed by atoms with Gasteiger partial charge in [-0.15, -0.1) is 0 Å². The molecule has 1 N–H and O–H groups in total. The van der Waals surface area contributed by atoms with E-state index in [4.69, 9.17) is 27.9 Å². The van der Waals surface area contributed by atoms with Crippen LogP contribution in [0.2, 0.25) is 10.0 Å². The van der Waals surface area contributed by atoms with Crippen molar-refractivity contribution < 1.29 is 13.9 Å². The lowest BCUT2D eigenvalue weighted by molar-refractivity contribution is -0.117. The fourth-order valence-electron chi connectivity index (χ4n) is 1.96. The third-order valence-corrected chi connectivity index (χ3v) is 3.66. The number of carbonyl (C=O) groups excluding carboxylic acids is 1. The molecule has 0 saturated carbocycles. The molecular formula is C17H17Cl2FN2O2. The van der Waals surface area contributed by atoms with Gasteiger partial charge in [-0.2, -0.15) is 0 Å². The van der Waals surface area contributed by atoms with Gasteiger partial charge in [0.2, 0.25) is 5.91 Å². The number of nitrogens with zero attached hydrogens (tertiary/aromatic N) is 1. The predicted molar refractivity (Wildman–Crippen MR) is 94.5 cm³/mol. The van der Waals surface area contributed by atoms with E-state index in [2.05, 4.69) is 5.32 Å². The maximum Gasteiger partial charge on any atom is 0.238 e. The second-order valence-corrected chi connectivity index (χ2v) is 6.09. The van der Waals surface area contributed by atoms with E-state index in [9.17, 15) is 9.18 Å². The molecular weight excluding hydrogens is 354 g/mol. The Hall–Kier alpha value is -1.82. The highest BCUT2D eigenvalue weighted by molar-refractivity contribution is 6.31. The number of anilines is 1. The minimum atomic E-state index is -0.526. The summed E-state index contributed by atoms with van der Waals surface area (Å²) >= 11 is 11.6. The average Bonchev–Trinajstić information content (AvgIpc) is 2.53. The van der Waals surface area contributed by atoms with E-state index < -0.39 is 5.82 Å². The Bertz CT molecular complexity index is 695. The highest BCUT2D eigenvalue weighted by Gasteiger charge is 2.10. The number of ether oxygens (including phenoxy) is 1. The number of likely N-dealkylation sites (N-methyl/N-ethyl adjacent to an activating group) is 1. The smallest absolute Gasteiger partial charge is 0.238 e. The first kappa shape index (κ1) is 18.5. The molecule has 0 atom stereocenters. The maximum absolute atomic E-state index is 13.6. The van der Waals surface area contributed by atoms with Gasteiger partial charge in [-0.3, -0.25) is 9.69 Å². The molecule has 0 heterocycles. The van der Waals surface area contributed by atoms with Crippen molar-refractivity contribution >= 4 is 34.8 Å². The molecule has 4 nitrogen and oxygen atoms in total. The monoisotopic (exact) mass is 370 g/mol. The van der Waals surface area contributed by atoms with Crippen LogP contribution < -0.4 is 10.1 Å². The van der Waals surface area contributed by atoms with Crippen LogP contribution in [0.25, 0.3) is 0 Å². The Balaban J connectivity index is 1.75. The lowest BCUT2D eigenvalue weighted by Crippen LogP contribution is -2.33. The molecule has 0 aliphatic heterocycles. The van der Waals surface area contributed by atoms with Crippen LogP contribution in [0.5, 0.6) is 5.75 Å². The molecule has 2 aromatic carbocycles. The minimum Gasteiger partial charge on any atom is -0.492 e. The molecule has 24 heavy (non-hydrogen) atoms. The molecule has 2 aromatic rings. The Morgan fingerprint density at radius 1 is 1.17 bits per heavy atom. The van der Waals surface area contributed by atoms with Crippen molar-refractivity contribution in [3.63, 3.8) is 0 Å². The van der Waals surface area contributed by atoms with Crippen LogP contribution in [0.4, 0.5) is 10.1 Å². The first-order chi connectivity index (χ1) is 11.4. The van der Waals surface area contributed by atoms with E-state index >= 15 is 0 Å². The zero-order valence-electron chi connectivity index (χ0n) is 13.1. The molecule has 0 saturated heterocycles. The van der Waals surface area contributed by atoms with E-state index in [0.29, 0.717) is 28.9 Å². The number of nitrogens with one attached hydrogen (secondary N) is 1. The number of hydrogen-bond donors (Lipinski definition) is 1. The Morgan fingerprint density at radius 3 is 2.54 bits per heavy atom. The van der Waals surface area contributed by atoms with Gasteiger partial charge in [0.05, 0.1) is 12.2 Å². The van der Waals surface area contributed by atoms with E-state index in [1.54, 1.807) is 36.2 Å². The summed E-state index contributed by atoms with van der Waals surface area (Å²) in [6, 6.07) is 11.0. The van der Waals surface area contributed by atoms with E-state index in [-0.39, 0.29) is 18.1 Å². The number of halogens is 3. The normalized spacial score (nSPS) is 10.7. The first-order valence-electron chi connectivity index (χ1n) is 7.26. The fraction of sp³-hybridized carbons (Fsp3) is 0.235. The molecule has 0 radical (unpaired) electrons. The molecule has 0 unspecified atom stereocenters. The third kappa shape index (κ3) is 6.00. The largest absolute Gasteiger partial charge is 0.492 e. The van der Waals surface area contributed by atoms with Gasteiger partial charge >= 0.3 is 0 Å². The zero-order valence-corrected chi connectivity index (χ0v) is 14.6. The van der Waals surface area contributed by atoms with Gasteiger partial charge in [0.15, 0.2) is 0 Å². The SMILES string of the molecule is CN(CCOc1ccc(Cl)cc1)CC(=O)Nc1cc(Cl)ccc1F. The highest BCUT2D eigenvalue weighted by atomic mass is 35.5. The Morgan fingerprint density at radius 2 is 1.83 bits per heavy atom. The summed E-state index contributed by atoms with van der Waals surface area (Å²) in [4.78, 5) is 13.7. The van der Waals surface area contributed by atoms with E-state index in [0.717, 1.165) is 0 Å². The van der Waals surface area contributed by atoms with Crippen molar-refractivity contribution in [2.24, 2.45) is 0 Å². The predicted octanol–water partition coefficient (Wildman–Crippen LogP) is 4.08. The van der Waals surface area contributed by atoms with Gasteiger partial charge in [0, 0.05) is 16.6 Å². The van der Waals surface area contributed by atoms with Crippen molar-refractivity contribution in [3.8, 4) is 5.75 Å². The number of benzene rings is 2. The van der Waals surface area contributed by atoms with Crippen LogP contribution in [0.1, 0.15) is 0 Å². The maximum atomic E-state index is 13.6. The van der Waals surface area contributed by atoms with Crippen molar-refractivity contribution in [1.82, 2.24) is 4.90 Å². The summed E-state index contributed by atoms with van der Waals surface area (Å²) in [5.74, 6) is -0.148. The Kier molecular flexibility index (Phi) is 6.85. The van der Waals surface area contributed by atoms with Crippen LogP contribution in [-0.2, 0) is 4.79 Å². The van der Waals surface area contributed by atoms with Crippen LogP contribution in [0, 0.1) is 5.82 Å². The van der Waals surface area contributed by atoms with Gasteiger partial charge in [-0.05, 0) is 49.5 Å². The summed E-state index contributed by atoms with van der Waals surface area (Å²) in [7, 11) is 1.78. The van der Waals surface area contributed by atoms with Gasteiger partial charge in [-0.1, -0.05) is 23.2 Å². The van der Waals surface area contributed by atoms with Gasteiger partial charge in [0.1, 0.15) is 18.2 Å². The molecule has 0 bridgehead atoms. The van der Waals surface area contributed by atoms with Crippen LogP contribution in [0.3, 0.4) is 0 Å². The number of amides is 1. The van der Waals surface area contributed by atoms with E-state index in [1.807, 2.05) is 0 Å². The second-order valence-electron chi connectivity index (χ2n) is 5.21. The molecule has 128 valence electrons. The summed E-state index contributed by atoms with van der Waals surface area (Å²) in [5, 5.41) is 3.50. The number of rotatable bonds is 7. The summed E-state index contributed by atoms with van der Waals surface area (Å²) in [6.45, 7) is 1.06. The van der Waals surface area contributed by atoms with Crippen molar-refractivity contribution in [1.29, 1.82) is 0 Å². The summed E-state index contributed by atoms with van der Waals surface area (Å²) in [5.41, 5.74) is 0.0679. The molecule has 0 aliphatic rings. The van der Waals surface area contributed by atoms with Crippen molar-refractivity contribution in [2.45, 2.75) is 0 Å². The zero-order chi connectivity index (χ0) is 17.5. The van der Waals surface area contributed by atoms with Crippen LogP contribution >= 0.6 is 23.2 Å². The topological polar surface area (TPSA) is 41.6 Å². The molecule has 0 fully saturated rings. The molecule has 1 amide bonds. The van der Waals surface area contributed by atoms with E-state index in [1.165, 1.54) is 18.2 Å². The summed E-state index contributed by atoms with van der Waals surface area (Å²) < 4.78 is 19.1. The van der Waals surface area contributed by atoms with Crippen LogP contribution in [-0.4, -0.2) is 37.6 Å². The highest BCUT2D eigenvalue weighted by Crippen LogP contribution is 2.19. The van der Waals surface area contributed by atoms with Crippen molar-refractivity contribution in [3.05, 3.63) is 58.3 Å². The molecule has 0 aromatic heterocycles. The minimum absolute atomic E-state index is 0.0679. The number of hydrogen-bond acceptors (Lipinski definition) is 3.